The minimum absolute atomic E-state index is 0.228. The number of imidazole rings is 1. The Morgan fingerprint density at radius 2 is 1.55 bits per heavy atom. The summed E-state index contributed by atoms with van der Waals surface area (Å²) in [6.07, 6.45) is 6.02. The summed E-state index contributed by atoms with van der Waals surface area (Å²) in [5, 5.41) is 2.11. The fourth-order valence-corrected chi connectivity index (χ4v) is 2.67. The number of benzene rings is 2. The number of nitrogens with zero attached hydrogens (tertiary/aromatic N) is 2. The van der Waals surface area contributed by atoms with Crippen LogP contribution in [0.4, 0.5) is 22.0 Å². The van der Waals surface area contributed by atoms with Crippen molar-refractivity contribution >= 4 is 17.8 Å². The van der Waals surface area contributed by atoms with Gasteiger partial charge in [-0.25, -0.2) is 26.9 Å². The van der Waals surface area contributed by atoms with Gasteiger partial charge in [-0.05, 0) is 17.2 Å². The molecule has 160 valence electrons. The average molecular weight is 435 g/mol. The van der Waals surface area contributed by atoms with Crippen molar-refractivity contribution in [1.82, 2.24) is 14.9 Å². The Bertz CT molecular complexity index is 1160. The molecule has 0 atom stereocenters. The molecule has 3 aromatic rings. The van der Waals surface area contributed by atoms with E-state index in [1.807, 2.05) is 0 Å². The van der Waals surface area contributed by atoms with Crippen molar-refractivity contribution in [1.29, 1.82) is 0 Å². The SMILES string of the molecule is Cn1ccnc1C(=O)/C=C/c1ccc(CNC(=O)c2c(F)c(F)c(F)c(F)c2F)cc1. The maximum Gasteiger partial charge on any atom is 0.257 e. The lowest BCUT2D eigenvalue weighted by atomic mass is 10.1. The fourth-order valence-electron chi connectivity index (χ4n) is 2.67. The molecule has 0 spiro atoms. The minimum atomic E-state index is -2.34. The second kappa shape index (κ2) is 8.90. The van der Waals surface area contributed by atoms with Crippen molar-refractivity contribution < 1.29 is 31.5 Å². The summed E-state index contributed by atoms with van der Waals surface area (Å²) in [5.41, 5.74) is -0.411. The molecular weight excluding hydrogens is 421 g/mol. The van der Waals surface area contributed by atoms with Crippen molar-refractivity contribution in [2.75, 3.05) is 0 Å². The third-order valence-corrected chi connectivity index (χ3v) is 4.34. The summed E-state index contributed by atoms with van der Waals surface area (Å²) in [5.74, 6) is -12.6. The third-order valence-electron chi connectivity index (χ3n) is 4.34. The Morgan fingerprint density at radius 3 is 2.10 bits per heavy atom. The Balaban J connectivity index is 1.66. The van der Waals surface area contributed by atoms with Gasteiger partial charge in [-0.15, -0.1) is 0 Å². The molecule has 0 saturated carbocycles. The molecule has 3 rings (SSSR count). The Kier molecular flexibility index (Phi) is 6.28. The molecular formula is C21H14F5N3O2. The van der Waals surface area contributed by atoms with Crippen LogP contribution in [0.25, 0.3) is 6.08 Å². The van der Waals surface area contributed by atoms with E-state index in [0.29, 0.717) is 11.1 Å². The molecule has 0 saturated heterocycles. The topological polar surface area (TPSA) is 64.0 Å². The second-order valence-corrected chi connectivity index (χ2v) is 6.43. The molecule has 0 unspecified atom stereocenters. The van der Waals surface area contributed by atoms with Crippen LogP contribution in [0.3, 0.4) is 0 Å². The number of hydrogen-bond acceptors (Lipinski definition) is 3. The number of carbonyl (C=O) groups is 2. The predicted octanol–water partition coefficient (Wildman–Crippen LogP) is 3.94. The van der Waals surface area contributed by atoms with Gasteiger partial charge in [-0.1, -0.05) is 30.3 Å². The summed E-state index contributed by atoms with van der Waals surface area (Å²) in [7, 11) is 1.68. The Hall–Kier alpha value is -3.82. The van der Waals surface area contributed by atoms with Gasteiger partial charge in [0, 0.05) is 26.0 Å². The molecule has 31 heavy (non-hydrogen) atoms. The summed E-state index contributed by atoms with van der Waals surface area (Å²) in [4.78, 5) is 27.9. The molecule has 0 aliphatic rings. The van der Waals surface area contributed by atoms with Crippen molar-refractivity contribution in [3.05, 3.63) is 94.3 Å². The van der Waals surface area contributed by atoms with Gasteiger partial charge in [0.25, 0.3) is 5.91 Å². The number of hydrogen-bond donors (Lipinski definition) is 1. The predicted molar refractivity (Wildman–Crippen MR) is 100 cm³/mol. The zero-order chi connectivity index (χ0) is 22.7. The number of allylic oxidation sites excluding steroid dienone is 1. The first-order valence-corrected chi connectivity index (χ1v) is 8.79. The first-order valence-electron chi connectivity index (χ1n) is 8.79. The molecule has 0 aliphatic heterocycles. The first kappa shape index (κ1) is 21.9. The van der Waals surface area contributed by atoms with Gasteiger partial charge in [0.15, 0.2) is 29.1 Å². The summed E-state index contributed by atoms with van der Waals surface area (Å²) < 4.78 is 68.5. The maximum atomic E-state index is 13.7. The lowest BCUT2D eigenvalue weighted by molar-refractivity contribution is 0.0938. The number of amides is 1. The third kappa shape index (κ3) is 4.52. The molecule has 1 aromatic heterocycles. The smallest absolute Gasteiger partial charge is 0.257 e. The highest BCUT2D eigenvalue weighted by Gasteiger charge is 2.29. The van der Waals surface area contributed by atoms with Crippen LogP contribution >= 0.6 is 0 Å². The Morgan fingerprint density at radius 1 is 0.968 bits per heavy atom. The second-order valence-electron chi connectivity index (χ2n) is 6.43. The number of halogens is 5. The zero-order valence-corrected chi connectivity index (χ0v) is 15.9. The van der Waals surface area contributed by atoms with Crippen LogP contribution < -0.4 is 5.32 Å². The lowest BCUT2D eigenvalue weighted by Crippen LogP contribution is -2.26. The number of carbonyl (C=O) groups excluding carboxylic acids is 2. The van der Waals surface area contributed by atoms with E-state index in [2.05, 4.69) is 10.3 Å². The first-order chi connectivity index (χ1) is 14.7. The standard InChI is InChI=1S/C21H14F5N3O2/c1-29-9-8-27-20(29)13(30)7-6-11-2-4-12(5-3-11)10-28-21(31)14-15(22)17(24)19(26)18(25)16(14)23/h2-9H,10H2,1H3,(H,28,31)/b7-6+. The van der Waals surface area contributed by atoms with Crippen LogP contribution in [0.15, 0.2) is 42.7 Å². The van der Waals surface area contributed by atoms with Crippen LogP contribution in [-0.2, 0) is 13.6 Å². The highest BCUT2D eigenvalue weighted by atomic mass is 19.2. The normalized spacial score (nSPS) is 11.2. The Labute approximate surface area is 172 Å². The van der Waals surface area contributed by atoms with Crippen LogP contribution in [0, 0.1) is 29.1 Å². The van der Waals surface area contributed by atoms with E-state index in [1.165, 1.54) is 12.3 Å². The minimum Gasteiger partial charge on any atom is -0.348 e. The molecule has 0 aliphatic carbocycles. The maximum absolute atomic E-state index is 13.7. The highest BCUT2D eigenvalue weighted by Crippen LogP contribution is 2.23. The van der Waals surface area contributed by atoms with Crippen LogP contribution in [0.2, 0.25) is 0 Å². The number of aryl methyl sites for hydroxylation is 1. The molecule has 0 radical (unpaired) electrons. The molecule has 2 aromatic carbocycles. The van der Waals surface area contributed by atoms with E-state index >= 15 is 0 Å². The van der Waals surface area contributed by atoms with Gasteiger partial charge in [-0.2, -0.15) is 0 Å². The van der Waals surface area contributed by atoms with Gasteiger partial charge < -0.3 is 9.88 Å². The number of aromatic nitrogens is 2. The van der Waals surface area contributed by atoms with E-state index < -0.39 is 40.6 Å². The van der Waals surface area contributed by atoms with Crippen molar-refractivity contribution in [3.8, 4) is 0 Å². The van der Waals surface area contributed by atoms with Crippen molar-refractivity contribution in [3.63, 3.8) is 0 Å². The molecule has 1 N–H and O–H groups in total. The van der Waals surface area contributed by atoms with Crippen LogP contribution in [0.5, 0.6) is 0 Å². The van der Waals surface area contributed by atoms with E-state index in [0.717, 1.165) is 0 Å². The van der Waals surface area contributed by atoms with Gasteiger partial charge in [-0.3, -0.25) is 9.59 Å². The molecule has 0 fully saturated rings. The van der Waals surface area contributed by atoms with Gasteiger partial charge >= 0.3 is 0 Å². The largest absolute Gasteiger partial charge is 0.348 e. The van der Waals surface area contributed by atoms with Crippen molar-refractivity contribution in [2.45, 2.75) is 6.54 Å². The highest BCUT2D eigenvalue weighted by molar-refractivity contribution is 6.04. The quantitative estimate of drug-likeness (QED) is 0.210. The van der Waals surface area contributed by atoms with Gasteiger partial charge in [0.2, 0.25) is 11.6 Å². The van der Waals surface area contributed by atoms with E-state index in [9.17, 15) is 31.5 Å². The zero-order valence-electron chi connectivity index (χ0n) is 15.9. The lowest BCUT2D eigenvalue weighted by Gasteiger charge is -2.09. The summed E-state index contributed by atoms with van der Waals surface area (Å²) >= 11 is 0. The summed E-state index contributed by atoms with van der Waals surface area (Å²) in [6, 6.07) is 6.34. The van der Waals surface area contributed by atoms with Gasteiger partial charge in [0.05, 0.1) is 0 Å². The number of rotatable bonds is 6. The number of ketones is 1. The molecule has 5 nitrogen and oxygen atoms in total. The monoisotopic (exact) mass is 435 g/mol. The average Bonchev–Trinajstić information content (AvgIpc) is 3.20. The van der Waals surface area contributed by atoms with Crippen LogP contribution in [0.1, 0.15) is 32.1 Å². The molecule has 1 heterocycles. The fraction of sp³-hybridized carbons (Fsp3) is 0.0952. The van der Waals surface area contributed by atoms with Crippen molar-refractivity contribution in [2.24, 2.45) is 7.05 Å². The van der Waals surface area contributed by atoms with E-state index in [-0.39, 0.29) is 18.2 Å². The van der Waals surface area contributed by atoms with E-state index in [4.69, 9.17) is 0 Å². The molecule has 10 heteroatoms. The van der Waals surface area contributed by atoms with Crippen LogP contribution in [-0.4, -0.2) is 21.2 Å². The number of nitrogens with one attached hydrogen (secondary N) is 1. The molecule has 1 amide bonds. The summed E-state index contributed by atoms with van der Waals surface area (Å²) in [6.45, 7) is -0.228. The van der Waals surface area contributed by atoms with E-state index in [1.54, 1.807) is 48.2 Å². The van der Waals surface area contributed by atoms with Gasteiger partial charge in [0.1, 0.15) is 5.56 Å². The molecule has 0 bridgehead atoms.